The summed E-state index contributed by atoms with van der Waals surface area (Å²) in [5.41, 5.74) is -0.106. The molecule has 140 valence electrons. The van der Waals surface area contributed by atoms with E-state index in [1.807, 2.05) is 6.07 Å². The summed E-state index contributed by atoms with van der Waals surface area (Å²) in [4.78, 5) is 7.87. The van der Waals surface area contributed by atoms with Crippen molar-refractivity contribution in [1.82, 2.24) is 9.97 Å². The van der Waals surface area contributed by atoms with Gasteiger partial charge in [-0.15, -0.1) is 0 Å². The zero-order valence-corrected chi connectivity index (χ0v) is 14.9. The van der Waals surface area contributed by atoms with Gasteiger partial charge in [-0.3, -0.25) is 0 Å². The minimum Gasteiger partial charge on any atom is -0.366 e. The van der Waals surface area contributed by atoms with Crippen molar-refractivity contribution in [3.05, 3.63) is 46.6 Å². The Morgan fingerprint density at radius 1 is 1.08 bits per heavy atom. The predicted octanol–water partition coefficient (Wildman–Crippen LogP) is 5.51. The Labute approximate surface area is 155 Å². The van der Waals surface area contributed by atoms with Crippen molar-refractivity contribution < 1.29 is 13.2 Å². The average Bonchev–Trinajstić information content (AvgIpc) is 2.60. The third-order valence-corrected chi connectivity index (χ3v) is 4.55. The zero-order chi connectivity index (χ0) is 18.6. The standard InChI is InChI=1S/C18H20ClF3N4/c19-13-6-4-5-12(9-13)11-23-16-10-15(18(20,21)22)25-17(26-16)24-14-7-2-1-3-8-14/h4-6,9-10,14H,1-3,7-8,11H2,(H2,23,24,25,26). The van der Waals surface area contributed by atoms with Gasteiger partial charge in [-0.25, -0.2) is 4.98 Å². The van der Waals surface area contributed by atoms with Crippen LogP contribution >= 0.6 is 11.6 Å². The van der Waals surface area contributed by atoms with Gasteiger partial charge in [0.2, 0.25) is 5.95 Å². The first-order valence-electron chi connectivity index (χ1n) is 8.61. The molecule has 8 heteroatoms. The summed E-state index contributed by atoms with van der Waals surface area (Å²) in [6, 6.07) is 8.16. The SMILES string of the molecule is FC(F)(F)c1cc(NCc2cccc(Cl)c2)nc(NC2CCCCC2)n1. The molecule has 0 atom stereocenters. The Kier molecular flexibility index (Phi) is 5.86. The zero-order valence-electron chi connectivity index (χ0n) is 14.1. The summed E-state index contributed by atoms with van der Waals surface area (Å²) in [6.07, 6.45) is 0.606. The van der Waals surface area contributed by atoms with Crippen LogP contribution in [-0.2, 0) is 12.7 Å². The summed E-state index contributed by atoms with van der Waals surface area (Å²) < 4.78 is 39.5. The van der Waals surface area contributed by atoms with Gasteiger partial charge in [-0.2, -0.15) is 18.2 Å². The third kappa shape index (κ3) is 5.24. The maximum atomic E-state index is 13.2. The maximum Gasteiger partial charge on any atom is 0.433 e. The van der Waals surface area contributed by atoms with Crippen LogP contribution in [0.1, 0.15) is 43.4 Å². The highest BCUT2D eigenvalue weighted by Gasteiger charge is 2.34. The second-order valence-electron chi connectivity index (χ2n) is 6.42. The molecule has 0 aliphatic heterocycles. The largest absolute Gasteiger partial charge is 0.433 e. The Morgan fingerprint density at radius 2 is 1.85 bits per heavy atom. The second kappa shape index (κ2) is 8.12. The van der Waals surface area contributed by atoms with E-state index in [9.17, 15) is 13.2 Å². The molecule has 1 heterocycles. The molecule has 1 fully saturated rings. The number of rotatable bonds is 5. The second-order valence-corrected chi connectivity index (χ2v) is 6.86. The van der Waals surface area contributed by atoms with E-state index < -0.39 is 11.9 Å². The fourth-order valence-corrected chi connectivity index (χ4v) is 3.23. The first-order chi connectivity index (χ1) is 12.4. The number of nitrogens with zero attached hydrogens (tertiary/aromatic N) is 2. The lowest BCUT2D eigenvalue weighted by Crippen LogP contribution is -2.24. The quantitative estimate of drug-likeness (QED) is 0.714. The van der Waals surface area contributed by atoms with Gasteiger partial charge < -0.3 is 10.6 Å². The molecule has 3 rings (SSSR count). The number of hydrogen-bond donors (Lipinski definition) is 2. The minimum absolute atomic E-state index is 0.0142. The Balaban J connectivity index is 1.77. The fraction of sp³-hybridized carbons (Fsp3) is 0.444. The van der Waals surface area contributed by atoms with Gasteiger partial charge in [0.15, 0.2) is 5.69 Å². The third-order valence-electron chi connectivity index (χ3n) is 4.32. The van der Waals surface area contributed by atoms with Crippen LogP contribution in [0.5, 0.6) is 0 Å². The lowest BCUT2D eigenvalue weighted by molar-refractivity contribution is -0.141. The molecule has 26 heavy (non-hydrogen) atoms. The first kappa shape index (κ1) is 18.8. The number of benzene rings is 1. The summed E-state index contributed by atoms with van der Waals surface area (Å²) in [5, 5.41) is 6.56. The molecular formula is C18H20ClF3N4. The number of aromatic nitrogens is 2. The van der Waals surface area contributed by atoms with Gasteiger partial charge in [0.1, 0.15) is 5.82 Å². The Bertz CT molecular complexity index is 745. The molecule has 0 amide bonds. The van der Waals surface area contributed by atoms with Gasteiger partial charge in [0.05, 0.1) is 0 Å². The molecule has 1 saturated carbocycles. The van der Waals surface area contributed by atoms with E-state index in [-0.39, 0.29) is 17.8 Å². The normalized spacial score (nSPS) is 15.7. The number of anilines is 2. The van der Waals surface area contributed by atoms with Gasteiger partial charge in [0.25, 0.3) is 0 Å². The van der Waals surface area contributed by atoms with Crippen LogP contribution < -0.4 is 10.6 Å². The van der Waals surface area contributed by atoms with Crippen LogP contribution in [0.3, 0.4) is 0 Å². The van der Waals surface area contributed by atoms with Crippen molar-refractivity contribution >= 4 is 23.4 Å². The smallest absolute Gasteiger partial charge is 0.366 e. The molecule has 0 unspecified atom stereocenters. The van der Waals surface area contributed by atoms with Gasteiger partial charge >= 0.3 is 6.18 Å². The topological polar surface area (TPSA) is 49.8 Å². The first-order valence-corrected chi connectivity index (χ1v) is 8.99. The summed E-state index contributed by atoms with van der Waals surface area (Å²) >= 11 is 5.93. The molecule has 0 bridgehead atoms. The molecule has 0 spiro atoms. The number of nitrogens with one attached hydrogen (secondary N) is 2. The van der Waals surface area contributed by atoms with E-state index >= 15 is 0 Å². The van der Waals surface area contributed by atoms with E-state index in [0.717, 1.165) is 43.7 Å². The van der Waals surface area contributed by atoms with E-state index in [1.165, 1.54) is 0 Å². The Hall–Kier alpha value is -2.02. The van der Waals surface area contributed by atoms with Gasteiger partial charge in [-0.05, 0) is 30.5 Å². The van der Waals surface area contributed by atoms with Crippen LogP contribution in [0.25, 0.3) is 0 Å². The summed E-state index contributed by atoms with van der Waals surface area (Å²) in [5.74, 6) is 0.144. The van der Waals surface area contributed by atoms with Crippen molar-refractivity contribution in [1.29, 1.82) is 0 Å². The molecular weight excluding hydrogens is 365 g/mol. The van der Waals surface area contributed by atoms with Crippen LogP contribution in [-0.4, -0.2) is 16.0 Å². The van der Waals surface area contributed by atoms with Crippen LogP contribution in [0.15, 0.2) is 30.3 Å². The maximum absolute atomic E-state index is 13.2. The number of alkyl halides is 3. The molecule has 0 radical (unpaired) electrons. The summed E-state index contributed by atoms with van der Waals surface area (Å²) in [7, 11) is 0. The van der Waals surface area contributed by atoms with Gasteiger partial charge in [-0.1, -0.05) is 43.0 Å². The van der Waals surface area contributed by atoms with Crippen molar-refractivity contribution in [2.75, 3.05) is 10.6 Å². The average molecular weight is 385 g/mol. The van der Waals surface area contributed by atoms with Crippen LogP contribution in [0.2, 0.25) is 5.02 Å². The molecule has 1 aliphatic rings. The van der Waals surface area contributed by atoms with Crippen molar-refractivity contribution in [2.24, 2.45) is 0 Å². The number of halogens is 4. The molecule has 2 aromatic rings. The highest BCUT2D eigenvalue weighted by atomic mass is 35.5. The van der Waals surface area contributed by atoms with E-state index in [1.54, 1.807) is 18.2 Å². The van der Waals surface area contributed by atoms with Crippen LogP contribution in [0.4, 0.5) is 24.9 Å². The highest BCUT2D eigenvalue weighted by Crippen LogP contribution is 2.30. The molecule has 1 aromatic carbocycles. The highest BCUT2D eigenvalue weighted by molar-refractivity contribution is 6.30. The van der Waals surface area contributed by atoms with Crippen LogP contribution in [0, 0.1) is 0 Å². The molecule has 1 aromatic heterocycles. The minimum atomic E-state index is -4.53. The lowest BCUT2D eigenvalue weighted by Gasteiger charge is -2.23. The molecule has 0 saturated heterocycles. The summed E-state index contributed by atoms with van der Waals surface area (Å²) in [6.45, 7) is 0.317. The molecule has 1 aliphatic carbocycles. The van der Waals surface area contributed by atoms with Gasteiger partial charge in [0, 0.05) is 23.7 Å². The monoisotopic (exact) mass is 384 g/mol. The predicted molar refractivity (Wildman–Crippen MR) is 96.3 cm³/mol. The molecule has 2 N–H and O–H groups in total. The number of hydrogen-bond acceptors (Lipinski definition) is 4. The fourth-order valence-electron chi connectivity index (χ4n) is 3.02. The van der Waals surface area contributed by atoms with E-state index in [0.29, 0.717) is 11.6 Å². The van der Waals surface area contributed by atoms with Crippen molar-refractivity contribution in [2.45, 2.75) is 50.9 Å². The molecule has 4 nitrogen and oxygen atoms in total. The van der Waals surface area contributed by atoms with E-state index in [2.05, 4.69) is 20.6 Å². The Morgan fingerprint density at radius 3 is 2.54 bits per heavy atom. The van der Waals surface area contributed by atoms with Crippen molar-refractivity contribution in [3.8, 4) is 0 Å². The van der Waals surface area contributed by atoms with E-state index in [4.69, 9.17) is 11.6 Å². The lowest BCUT2D eigenvalue weighted by atomic mass is 9.96. The van der Waals surface area contributed by atoms with Crippen molar-refractivity contribution in [3.63, 3.8) is 0 Å².